The number of thioether (sulfide) groups is 1. The molecule has 1 heterocycles. The van der Waals surface area contributed by atoms with Gasteiger partial charge in [0.05, 0.1) is 25.0 Å². The van der Waals surface area contributed by atoms with E-state index in [-0.39, 0.29) is 30.1 Å². The Morgan fingerprint density at radius 1 is 0.974 bits per heavy atom. The molecule has 3 aromatic rings. The lowest BCUT2D eigenvalue weighted by Gasteiger charge is -2.11. The molecule has 1 aliphatic carbocycles. The molecular weight excluding hydrogens is 520 g/mol. The summed E-state index contributed by atoms with van der Waals surface area (Å²) in [4.78, 5) is 40.3. The van der Waals surface area contributed by atoms with E-state index >= 15 is 0 Å². The Hall–Kier alpha value is -3.30. The van der Waals surface area contributed by atoms with Gasteiger partial charge in [-0.1, -0.05) is 18.9 Å². The molecule has 200 valence electrons. The summed E-state index contributed by atoms with van der Waals surface area (Å²) in [6.07, 6.45) is 6.21. The van der Waals surface area contributed by atoms with Gasteiger partial charge in [-0.2, -0.15) is 0 Å². The highest BCUT2D eigenvalue weighted by molar-refractivity contribution is 8.00. The second-order valence-corrected chi connectivity index (χ2v) is 11.0. The smallest absolute Gasteiger partial charge is 0.341 e. The average Bonchev–Trinajstić information content (AvgIpc) is 3.23. The van der Waals surface area contributed by atoms with Crippen LogP contribution < -0.4 is 15.4 Å². The first-order valence-corrected chi connectivity index (χ1v) is 14.6. The molecule has 0 unspecified atom stereocenters. The van der Waals surface area contributed by atoms with Crippen LogP contribution in [0.15, 0.2) is 53.4 Å². The molecule has 2 amide bonds. The van der Waals surface area contributed by atoms with Crippen LogP contribution in [0.25, 0.3) is 0 Å². The molecule has 0 saturated carbocycles. The van der Waals surface area contributed by atoms with Gasteiger partial charge in [-0.15, -0.1) is 23.1 Å². The number of benzene rings is 2. The fraction of sp³-hybridized carbons (Fsp3) is 0.345. The van der Waals surface area contributed by atoms with Gasteiger partial charge < -0.3 is 20.1 Å². The number of hydrogen-bond donors (Lipinski definition) is 2. The van der Waals surface area contributed by atoms with Crippen molar-refractivity contribution in [1.82, 2.24) is 0 Å². The molecule has 7 nitrogen and oxygen atoms in total. The van der Waals surface area contributed by atoms with Crippen LogP contribution in [0.5, 0.6) is 5.75 Å². The number of carbonyl (C=O) groups is 3. The Kier molecular flexibility index (Phi) is 9.84. The number of methoxy groups -OCH3 is 1. The van der Waals surface area contributed by atoms with Crippen LogP contribution in [0, 0.1) is 0 Å². The first-order chi connectivity index (χ1) is 18.5. The maximum absolute atomic E-state index is 12.9. The Bertz CT molecular complexity index is 1290. The lowest BCUT2D eigenvalue weighted by atomic mass is 9.96. The number of carbonyl (C=O) groups excluding carboxylic acids is 3. The minimum atomic E-state index is -0.367. The van der Waals surface area contributed by atoms with Crippen molar-refractivity contribution in [2.75, 3.05) is 30.1 Å². The lowest BCUT2D eigenvalue weighted by Crippen LogP contribution is -2.17. The van der Waals surface area contributed by atoms with Gasteiger partial charge >= 0.3 is 5.97 Å². The van der Waals surface area contributed by atoms with E-state index in [1.165, 1.54) is 34.4 Å². The van der Waals surface area contributed by atoms with Crippen LogP contribution in [0.3, 0.4) is 0 Å². The predicted octanol–water partition coefficient (Wildman–Crippen LogP) is 6.58. The van der Waals surface area contributed by atoms with Crippen molar-refractivity contribution in [3.8, 4) is 5.75 Å². The second-order valence-electron chi connectivity index (χ2n) is 8.89. The largest absolute Gasteiger partial charge is 0.497 e. The molecule has 4 rings (SSSR count). The fourth-order valence-electron chi connectivity index (χ4n) is 4.35. The van der Waals surface area contributed by atoms with Crippen molar-refractivity contribution in [3.63, 3.8) is 0 Å². The standard InChI is InChI=1S/C29H32N2O5S2/c1-3-36-29(34)26-23-11-6-4-5-7-12-24(23)38-28(26)31-25(32)18-37-22-10-8-9-20(17-22)30-27(33)19-13-15-21(35-2)16-14-19/h8-10,13-17H,3-7,11-12,18H2,1-2H3,(H,30,33)(H,31,32). The third-order valence-corrected chi connectivity index (χ3v) is 8.42. The van der Waals surface area contributed by atoms with Crippen molar-refractivity contribution in [2.24, 2.45) is 0 Å². The minimum Gasteiger partial charge on any atom is -0.497 e. The molecule has 1 aliphatic rings. The average molecular weight is 553 g/mol. The van der Waals surface area contributed by atoms with Gasteiger partial charge in [0.1, 0.15) is 10.8 Å². The van der Waals surface area contributed by atoms with Crippen molar-refractivity contribution < 1.29 is 23.9 Å². The summed E-state index contributed by atoms with van der Waals surface area (Å²) in [6, 6.07) is 14.2. The Morgan fingerprint density at radius 3 is 2.47 bits per heavy atom. The van der Waals surface area contributed by atoms with E-state index in [1.54, 1.807) is 44.4 Å². The Morgan fingerprint density at radius 2 is 1.74 bits per heavy atom. The topological polar surface area (TPSA) is 93.7 Å². The van der Waals surface area contributed by atoms with E-state index in [4.69, 9.17) is 9.47 Å². The highest BCUT2D eigenvalue weighted by Gasteiger charge is 2.26. The Balaban J connectivity index is 1.40. The van der Waals surface area contributed by atoms with Gasteiger partial charge in [-0.25, -0.2) is 4.79 Å². The molecule has 2 aromatic carbocycles. The molecule has 1 aromatic heterocycles. The predicted molar refractivity (Wildman–Crippen MR) is 153 cm³/mol. The quantitative estimate of drug-likeness (QED) is 0.230. The first-order valence-electron chi connectivity index (χ1n) is 12.8. The number of rotatable bonds is 9. The van der Waals surface area contributed by atoms with Crippen molar-refractivity contribution in [1.29, 1.82) is 0 Å². The van der Waals surface area contributed by atoms with Crippen LogP contribution in [-0.2, 0) is 22.4 Å². The maximum Gasteiger partial charge on any atom is 0.341 e. The van der Waals surface area contributed by atoms with Gasteiger partial charge in [-0.05, 0) is 80.6 Å². The third-order valence-electron chi connectivity index (χ3n) is 6.22. The van der Waals surface area contributed by atoms with Crippen LogP contribution in [0.1, 0.15) is 63.8 Å². The number of anilines is 2. The van der Waals surface area contributed by atoms with Gasteiger partial charge in [0.15, 0.2) is 0 Å². The van der Waals surface area contributed by atoms with E-state index in [2.05, 4.69) is 10.6 Å². The van der Waals surface area contributed by atoms with Crippen LogP contribution in [-0.4, -0.2) is 37.3 Å². The normalized spacial score (nSPS) is 13.0. The van der Waals surface area contributed by atoms with E-state index < -0.39 is 0 Å². The SMILES string of the molecule is CCOC(=O)c1c(NC(=O)CSc2cccc(NC(=O)c3ccc(OC)cc3)c2)sc2c1CCCCCC2. The van der Waals surface area contributed by atoms with Crippen molar-refractivity contribution in [2.45, 2.75) is 50.3 Å². The highest BCUT2D eigenvalue weighted by Crippen LogP contribution is 2.38. The molecule has 2 N–H and O–H groups in total. The van der Waals surface area contributed by atoms with Crippen molar-refractivity contribution in [3.05, 3.63) is 70.1 Å². The van der Waals surface area contributed by atoms with E-state index in [0.717, 1.165) is 42.6 Å². The molecule has 0 atom stereocenters. The number of nitrogens with one attached hydrogen (secondary N) is 2. The summed E-state index contributed by atoms with van der Waals surface area (Å²) in [5, 5.41) is 6.45. The summed E-state index contributed by atoms with van der Waals surface area (Å²) in [5.41, 5.74) is 2.72. The summed E-state index contributed by atoms with van der Waals surface area (Å²) >= 11 is 2.87. The van der Waals surface area contributed by atoms with Crippen molar-refractivity contribution >= 4 is 51.6 Å². The van der Waals surface area contributed by atoms with Gasteiger partial charge in [0.2, 0.25) is 5.91 Å². The summed E-state index contributed by atoms with van der Waals surface area (Å²) < 4.78 is 10.5. The second kappa shape index (κ2) is 13.5. The first kappa shape index (κ1) is 27.7. The van der Waals surface area contributed by atoms with Gasteiger partial charge in [0.25, 0.3) is 5.91 Å². The van der Waals surface area contributed by atoms with Crippen LogP contribution in [0.2, 0.25) is 0 Å². The van der Waals surface area contributed by atoms with E-state index in [0.29, 0.717) is 27.6 Å². The number of aryl methyl sites for hydroxylation is 1. The molecule has 0 bridgehead atoms. The zero-order chi connectivity index (χ0) is 26.9. The van der Waals surface area contributed by atoms with Gasteiger partial charge in [0, 0.05) is 21.0 Å². The fourth-order valence-corrected chi connectivity index (χ4v) is 6.40. The number of esters is 1. The van der Waals surface area contributed by atoms with Gasteiger partial charge in [-0.3, -0.25) is 9.59 Å². The molecule has 0 fully saturated rings. The molecular formula is C29H32N2O5S2. The molecule has 0 aliphatic heterocycles. The maximum atomic E-state index is 12.9. The zero-order valence-electron chi connectivity index (χ0n) is 21.6. The minimum absolute atomic E-state index is 0.167. The molecule has 0 spiro atoms. The number of thiophene rings is 1. The number of ether oxygens (including phenoxy) is 2. The molecule has 0 radical (unpaired) electrons. The number of hydrogen-bond acceptors (Lipinski definition) is 7. The monoisotopic (exact) mass is 552 g/mol. The van der Waals surface area contributed by atoms with E-state index in [9.17, 15) is 14.4 Å². The van der Waals surface area contributed by atoms with Crippen LogP contribution >= 0.6 is 23.1 Å². The summed E-state index contributed by atoms with van der Waals surface area (Å²) in [6.45, 7) is 2.08. The van der Waals surface area contributed by atoms with Crippen LogP contribution in [0.4, 0.5) is 10.7 Å². The summed E-state index contributed by atoms with van der Waals surface area (Å²) in [5.74, 6) is 0.0608. The number of fused-ring (bicyclic) bond motifs is 1. The zero-order valence-corrected chi connectivity index (χ0v) is 23.3. The summed E-state index contributed by atoms with van der Waals surface area (Å²) in [7, 11) is 1.58. The third kappa shape index (κ3) is 7.17. The molecule has 0 saturated heterocycles. The van der Waals surface area contributed by atoms with E-state index in [1.807, 2.05) is 18.2 Å². The Labute approximate surface area is 231 Å². The molecule has 38 heavy (non-hydrogen) atoms. The lowest BCUT2D eigenvalue weighted by molar-refractivity contribution is -0.113. The highest BCUT2D eigenvalue weighted by atomic mass is 32.2. The number of amides is 2. The molecule has 9 heteroatoms.